The highest BCUT2D eigenvalue weighted by Crippen LogP contribution is 2.24. The Labute approximate surface area is 168 Å². The molecule has 0 aliphatic carbocycles. The van der Waals surface area contributed by atoms with E-state index in [-0.39, 0.29) is 5.92 Å². The Kier molecular flexibility index (Phi) is 8.22. The fourth-order valence-corrected chi connectivity index (χ4v) is 3.60. The number of nitriles is 1. The van der Waals surface area contributed by atoms with Gasteiger partial charge in [0.15, 0.2) is 0 Å². The van der Waals surface area contributed by atoms with Gasteiger partial charge in [0.25, 0.3) is 0 Å². The van der Waals surface area contributed by atoms with Gasteiger partial charge >= 0.3 is 5.97 Å². The quantitative estimate of drug-likeness (QED) is 0.568. The zero-order chi connectivity index (χ0) is 20.5. The number of nitrogens with zero attached hydrogens (tertiary/aromatic N) is 2. The molecule has 0 radical (unpaired) electrons. The van der Waals surface area contributed by atoms with Crippen LogP contribution >= 0.6 is 0 Å². The maximum absolute atomic E-state index is 11.8. The van der Waals surface area contributed by atoms with Gasteiger partial charge in [-0.15, -0.1) is 0 Å². The standard InChI is InChI=1S/C24H30N2O2/c1-4-5-8-15-26(23(18(2)3)24(27)28)17-19-11-13-20(14-12-19)22-10-7-6-9-21(22)16-25/h6-7,9-14,18,23H,4-5,8,15,17H2,1-3H3,(H,27,28)/t23-/m0/s1. The molecule has 0 aromatic heterocycles. The van der Waals surface area contributed by atoms with Crippen molar-refractivity contribution in [2.75, 3.05) is 6.54 Å². The number of benzene rings is 2. The lowest BCUT2D eigenvalue weighted by molar-refractivity contribution is -0.145. The van der Waals surface area contributed by atoms with E-state index >= 15 is 0 Å². The van der Waals surface area contributed by atoms with Crippen LogP contribution in [0.3, 0.4) is 0 Å². The van der Waals surface area contributed by atoms with Crippen LogP contribution in [0.25, 0.3) is 11.1 Å². The number of aliphatic carboxylic acids is 1. The van der Waals surface area contributed by atoms with E-state index in [2.05, 4.69) is 17.9 Å². The first kappa shape index (κ1) is 21.7. The molecule has 28 heavy (non-hydrogen) atoms. The Bertz CT molecular complexity index is 806. The van der Waals surface area contributed by atoms with Gasteiger partial charge in [-0.05, 0) is 41.6 Å². The van der Waals surface area contributed by atoms with Crippen molar-refractivity contribution in [3.05, 3.63) is 59.7 Å². The molecule has 1 N–H and O–H groups in total. The Hall–Kier alpha value is -2.64. The van der Waals surface area contributed by atoms with E-state index in [1.54, 1.807) is 0 Å². The van der Waals surface area contributed by atoms with E-state index < -0.39 is 12.0 Å². The summed E-state index contributed by atoms with van der Waals surface area (Å²) >= 11 is 0. The van der Waals surface area contributed by atoms with Crippen LogP contribution in [0.15, 0.2) is 48.5 Å². The van der Waals surface area contributed by atoms with Crippen LogP contribution in [0, 0.1) is 17.2 Å². The summed E-state index contributed by atoms with van der Waals surface area (Å²) in [6.45, 7) is 7.47. The number of hydrogen-bond acceptors (Lipinski definition) is 3. The molecular weight excluding hydrogens is 348 g/mol. The lowest BCUT2D eigenvalue weighted by Crippen LogP contribution is -2.44. The fraction of sp³-hybridized carbons (Fsp3) is 0.417. The second-order valence-electron chi connectivity index (χ2n) is 7.56. The first-order chi connectivity index (χ1) is 13.5. The zero-order valence-electron chi connectivity index (χ0n) is 17.1. The van der Waals surface area contributed by atoms with Crippen LogP contribution in [0.1, 0.15) is 51.2 Å². The van der Waals surface area contributed by atoms with Crippen molar-refractivity contribution in [3.63, 3.8) is 0 Å². The molecule has 0 spiro atoms. The normalized spacial score (nSPS) is 12.1. The molecule has 0 aliphatic rings. The fourth-order valence-electron chi connectivity index (χ4n) is 3.60. The topological polar surface area (TPSA) is 64.3 Å². The molecule has 148 valence electrons. The number of carboxylic acids is 1. The van der Waals surface area contributed by atoms with Gasteiger partial charge in [-0.25, -0.2) is 0 Å². The Morgan fingerprint density at radius 1 is 1.11 bits per heavy atom. The van der Waals surface area contributed by atoms with Crippen molar-refractivity contribution >= 4 is 5.97 Å². The molecule has 4 heteroatoms. The van der Waals surface area contributed by atoms with E-state index in [0.29, 0.717) is 12.1 Å². The van der Waals surface area contributed by atoms with Crippen LogP contribution in [-0.2, 0) is 11.3 Å². The average Bonchev–Trinajstić information content (AvgIpc) is 2.68. The Morgan fingerprint density at radius 3 is 2.36 bits per heavy atom. The molecule has 0 saturated heterocycles. The predicted octanol–water partition coefficient (Wildman–Crippen LogP) is 5.33. The third kappa shape index (κ3) is 5.68. The molecular formula is C24H30N2O2. The minimum atomic E-state index is -0.758. The van der Waals surface area contributed by atoms with Crippen LogP contribution in [0.4, 0.5) is 0 Å². The highest BCUT2D eigenvalue weighted by molar-refractivity contribution is 5.74. The van der Waals surface area contributed by atoms with E-state index in [4.69, 9.17) is 0 Å². The van der Waals surface area contributed by atoms with Gasteiger partial charge in [0.2, 0.25) is 0 Å². The Balaban J connectivity index is 2.22. The first-order valence-electron chi connectivity index (χ1n) is 10.0. The van der Waals surface area contributed by atoms with E-state index in [1.165, 1.54) is 0 Å². The molecule has 0 saturated carbocycles. The average molecular weight is 379 g/mol. The van der Waals surface area contributed by atoms with Crippen molar-refractivity contribution < 1.29 is 9.90 Å². The highest BCUT2D eigenvalue weighted by atomic mass is 16.4. The first-order valence-corrected chi connectivity index (χ1v) is 10.0. The van der Waals surface area contributed by atoms with Crippen LogP contribution < -0.4 is 0 Å². The smallest absolute Gasteiger partial charge is 0.321 e. The van der Waals surface area contributed by atoms with Crippen LogP contribution in [0.2, 0.25) is 0 Å². The number of unbranched alkanes of at least 4 members (excludes halogenated alkanes) is 2. The summed E-state index contributed by atoms with van der Waals surface area (Å²) in [5.41, 5.74) is 3.66. The summed E-state index contributed by atoms with van der Waals surface area (Å²) < 4.78 is 0. The molecule has 0 unspecified atom stereocenters. The van der Waals surface area contributed by atoms with Gasteiger partial charge in [0.1, 0.15) is 6.04 Å². The van der Waals surface area contributed by atoms with Gasteiger partial charge in [-0.1, -0.05) is 76.1 Å². The van der Waals surface area contributed by atoms with Gasteiger partial charge in [0, 0.05) is 6.54 Å². The molecule has 2 aromatic rings. The lowest BCUT2D eigenvalue weighted by Gasteiger charge is -2.31. The van der Waals surface area contributed by atoms with Crippen molar-refractivity contribution in [1.29, 1.82) is 5.26 Å². The minimum absolute atomic E-state index is 0.0425. The van der Waals surface area contributed by atoms with Crippen LogP contribution in [-0.4, -0.2) is 28.6 Å². The van der Waals surface area contributed by atoms with Gasteiger partial charge in [-0.3, -0.25) is 9.69 Å². The molecule has 0 heterocycles. The highest BCUT2D eigenvalue weighted by Gasteiger charge is 2.28. The summed E-state index contributed by atoms with van der Waals surface area (Å²) in [5.74, 6) is -0.716. The Morgan fingerprint density at radius 2 is 1.79 bits per heavy atom. The monoisotopic (exact) mass is 378 g/mol. The third-order valence-electron chi connectivity index (χ3n) is 5.02. The number of hydrogen-bond donors (Lipinski definition) is 1. The van der Waals surface area contributed by atoms with Crippen molar-refractivity contribution in [3.8, 4) is 17.2 Å². The number of rotatable bonds is 10. The minimum Gasteiger partial charge on any atom is -0.480 e. The molecule has 0 bridgehead atoms. The number of carboxylic acid groups (broad SMARTS) is 1. The second-order valence-corrected chi connectivity index (χ2v) is 7.56. The lowest BCUT2D eigenvalue weighted by atomic mass is 9.98. The summed E-state index contributed by atoms with van der Waals surface area (Å²) in [6.07, 6.45) is 3.21. The summed E-state index contributed by atoms with van der Waals surface area (Å²) in [5, 5.41) is 19.0. The molecule has 2 rings (SSSR count). The summed E-state index contributed by atoms with van der Waals surface area (Å²) in [4.78, 5) is 13.9. The zero-order valence-corrected chi connectivity index (χ0v) is 17.1. The maximum atomic E-state index is 11.8. The number of carbonyl (C=O) groups is 1. The molecule has 0 amide bonds. The maximum Gasteiger partial charge on any atom is 0.321 e. The molecule has 2 aromatic carbocycles. The molecule has 4 nitrogen and oxygen atoms in total. The van der Waals surface area contributed by atoms with Gasteiger partial charge in [-0.2, -0.15) is 5.26 Å². The van der Waals surface area contributed by atoms with E-state index in [9.17, 15) is 15.2 Å². The predicted molar refractivity (Wildman–Crippen MR) is 113 cm³/mol. The van der Waals surface area contributed by atoms with Crippen molar-refractivity contribution in [1.82, 2.24) is 4.90 Å². The SMILES string of the molecule is CCCCCN(Cc1ccc(-c2ccccc2C#N)cc1)[C@H](C(=O)O)C(C)C. The largest absolute Gasteiger partial charge is 0.480 e. The second kappa shape index (κ2) is 10.6. The van der Waals surface area contributed by atoms with Crippen molar-refractivity contribution in [2.45, 2.75) is 52.6 Å². The van der Waals surface area contributed by atoms with E-state index in [1.807, 2.05) is 62.4 Å². The molecule has 1 atom stereocenters. The third-order valence-corrected chi connectivity index (χ3v) is 5.02. The molecule has 0 aliphatic heterocycles. The van der Waals surface area contributed by atoms with Gasteiger partial charge < -0.3 is 5.11 Å². The van der Waals surface area contributed by atoms with Crippen LogP contribution in [0.5, 0.6) is 0 Å². The summed E-state index contributed by atoms with van der Waals surface area (Å²) in [7, 11) is 0. The summed E-state index contributed by atoms with van der Waals surface area (Å²) in [6, 6.07) is 17.4. The van der Waals surface area contributed by atoms with Gasteiger partial charge in [0.05, 0.1) is 11.6 Å². The molecule has 0 fully saturated rings. The van der Waals surface area contributed by atoms with Crippen molar-refractivity contribution in [2.24, 2.45) is 5.92 Å². The van der Waals surface area contributed by atoms with E-state index in [0.717, 1.165) is 42.5 Å².